The molecular formula is C20H30N2O4. The predicted molar refractivity (Wildman–Crippen MR) is 100 cm³/mol. The van der Waals surface area contributed by atoms with Crippen molar-refractivity contribution in [1.82, 2.24) is 10.6 Å². The van der Waals surface area contributed by atoms with E-state index in [4.69, 9.17) is 9.47 Å². The quantitative estimate of drug-likeness (QED) is 0.662. The average molecular weight is 362 g/mol. The van der Waals surface area contributed by atoms with E-state index in [0.717, 1.165) is 6.42 Å². The minimum absolute atomic E-state index is 0.0497. The fraction of sp³-hybridized carbons (Fsp3) is 0.600. The van der Waals surface area contributed by atoms with Crippen molar-refractivity contribution in [2.24, 2.45) is 5.92 Å². The normalized spacial score (nSPS) is 19.6. The molecule has 0 aromatic heterocycles. The summed E-state index contributed by atoms with van der Waals surface area (Å²) in [6, 6.07) is 6.83. The van der Waals surface area contributed by atoms with E-state index in [9.17, 15) is 9.59 Å². The van der Waals surface area contributed by atoms with Gasteiger partial charge in [-0.15, -0.1) is 0 Å². The molecule has 1 aliphatic rings. The molecule has 1 aromatic rings. The Hall–Kier alpha value is -2.08. The lowest BCUT2D eigenvalue weighted by Crippen LogP contribution is -2.39. The number of nitrogens with one attached hydrogen (secondary N) is 2. The largest absolute Gasteiger partial charge is 0.494 e. The van der Waals surface area contributed by atoms with Gasteiger partial charge in [-0.25, -0.2) is 0 Å². The molecule has 144 valence electrons. The monoisotopic (exact) mass is 362 g/mol. The molecule has 1 aliphatic carbocycles. The zero-order chi connectivity index (χ0) is 18.8. The molecule has 6 nitrogen and oxygen atoms in total. The Balaban J connectivity index is 1.61. The maximum atomic E-state index is 12.0. The van der Waals surface area contributed by atoms with E-state index in [1.165, 1.54) is 19.3 Å². The maximum Gasteiger partial charge on any atom is 0.251 e. The van der Waals surface area contributed by atoms with Crippen LogP contribution in [0.1, 0.15) is 49.9 Å². The number of ether oxygens (including phenoxy) is 2. The van der Waals surface area contributed by atoms with Crippen molar-refractivity contribution in [2.75, 3.05) is 26.3 Å². The molecule has 26 heavy (non-hydrogen) atoms. The van der Waals surface area contributed by atoms with E-state index in [1.807, 2.05) is 6.92 Å². The highest BCUT2D eigenvalue weighted by atomic mass is 16.5. The van der Waals surface area contributed by atoms with Gasteiger partial charge in [0, 0.05) is 12.1 Å². The fourth-order valence-electron chi connectivity index (χ4n) is 3.12. The van der Waals surface area contributed by atoms with Crippen molar-refractivity contribution in [2.45, 2.75) is 45.6 Å². The molecule has 0 radical (unpaired) electrons. The predicted octanol–water partition coefficient (Wildman–Crippen LogP) is 2.53. The van der Waals surface area contributed by atoms with Gasteiger partial charge in [-0.05, 0) is 49.9 Å². The summed E-state index contributed by atoms with van der Waals surface area (Å²) in [5, 5.41) is 5.39. The van der Waals surface area contributed by atoms with Crippen LogP contribution in [0.5, 0.6) is 5.75 Å². The van der Waals surface area contributed by atoms with E-state index in [2.05, 4.69) is 17.6 Å². The molecule has 2 unspecified atom stereocenters. The average Bonchev–Trinajstić information content (AvgIpc) is 2.65. The van der Waals surface area contributed by atoms with Gasteiger partial charge in [-0.2, -0.15) is 0 Å². The highest BCUT2D eigenvalue weighted by molar-refractivity contribution is 5.96. The summed E-state index contributed by atoms with van der Waals surface area (Å²) < 4.78 is 11.2. The molecular weight excluding hydrogens is 332 g/mol. The Morgan fingerprint density at radius 1 is 1.12 bits per heavy atom. The topological polar surface area (TPSA) is 76.7 Å². The first-order chi connectivity index (χ1) is 12.6. The molecule has 2 N–H and O–H groups in total. The minimum Gasteiger partial charge on any atom is -0.494 e. The van der Waals surface area contributed by atoms with E-state index in [1.54, 1.807) is 24.3 Å². The van der Waals surface area contributed by atoms with Crippen LogP contribution in [0.4, 0.5) is 0 Å². The Bertz CT molecular complexity index is 574. The van der Waals surface area contributed by atoms with Crippen LogP contribution in [-0.4, -0.2) is 44.2 Å². The van der Waals surface area contributed by atoms with Crippen molar-refractivity contribution in [3.63, 3.8) is 0 Å². The lowest BCUT2D eigenvalue weighted by Gasteiger charge is -2.28. The summed E-state index contributed by atoms with van der Waals surface area (Å²) >= 11 is 0. The van der Waals surface area contributed by atoms with Crippen LogP contribution in [0.2, 0.25) is 0 Å². The van der Waals surface area contributed by atoms with Gasteiger partial charge in [0.2, 0.25) is 5.91 Å². The summed E-state index contributed by atoms with van der Waals surface area (Å²) in [6.45, 7) is 5.62. The van der Waals surface area contributed by atoms with Crippen LogP contribution in [-0.2, 0) is 9.53 Å². The Morgan fingerprint density at radius 3 is 2.54 bits per heavy atom. The summed E-state index contributed by atoms with van der Waals surface area (Å²) in [6.07, 6.45) is 5.13. The highest BCUT2D eigenvalue weighted by Crippen LogP contribution is 2.25. The first-order valence-electron chi connectivity index (χ1n) is 9.49. The second-order valence-electron chi connectivity index (χ2n) is 6.66. The zero-order valence-electron chi connectivity index (χ0n) is 15.8. The Labute approximate surface area is 155 Å². The Morgan fingerprint density at radius 2 is 1.85 bits per heavy atom. The van der Waals surface area contributed by atoms with Crippen molar-refractivity contribution in [3.8, 4) is 5.75 Å². The lowest BCUT2D eigenvalue weighted by molar-refractivity contribution is -0.120. The molecule has 0 aliphatic heterocycles. The number of carbonyl (C=O) groups excluding carboxylic acids is 2. The summed E-state index contributed by atoms with van der Waals surface area (Å²) in [5.41, 5.74) is 0.496. The van der Waals surface area contributed by atoms with E-state index >= 15 is 0 Å². The van der Waals surface area contributed by atoms with Gasteiger partial charge >= 0.3 is 0 Å². The third kappa shape index (κ3) is 6.67. The SMILES string of the molecule is CCOc1ccc(C(=O)NCC(=O)NCCOC2CCCCC2C)cc1. The second kappa shape index (κ2) is 10.8. The van der Waals surface area contributed by atoms with E-state index < -0.39 is 0 Å². The van der Waals surface area contributed by atoms with Gasteiger partial charge in [0.05, 0.1) is 25.9 Å². The third-order valence-electron chi connectivity index (χ3n) is 4.63. The van der Waals surface area contributed by atoms with Crippen LogP contribution >= 0.6 is 0 Å². The van der Waals surface area contributed by atoms with Gasteiger partial charge in [-0.3, -0.25) is 9.59 Å². The van der Waals surface area contributed by atoms with E-state index in [-0.39, 0.29) is 18.4 Å². The third-order valence-corrected chi connectivity index (χ3v) is 4.63. The van der Waals surface area contributed by atoms with Gasteiger partial charge < -0.3 is 20.1 Å². The summed E-state index contributed by atoms with van der Waals surface area (Å²) in [5.74, 6) is 0.807. The molecule has 0 saturated heterocycles. The molecule has 1 saturated carbocycles. The van der Waals surface area contributed by atoms with Crippen molar-refractivity contribution in [1.29, 1.82) is 0 Å². The highest BCUT2D eigenvalue weighted by Gasteiger charge is 2.21. The fourth-order valence-corrected chi connectivity index (χ4v) is 3.12. The molecule has 1 fully saturated rings. The number of amides is 2. The number of hydrogen-bond donors (Lipinski definition) is 2. The first kappa shape index (κ1) is 20.2. The molecule has 6 heteroatoms. The van der Waals surface area contributed by atoms with Crippen LogP contribution in [0, 0.1) is 5.92 Å². The van der Waals surface area contributed by atoms with Crippen LogP contribution in [0.3, 0.4) is 0 Å². The molecule has 0 heterocycles. The number of hydrogen-bond acceptors (Lipinski definition) is 4. The smallest absolute Gasteiger partial charge is 0.251 e. The molecule has 2 atom stereocenters. The van der Waals surface area contributed by atoms with Crippen molar-refractivity contribution < 1.29 is 19.1 Å². The standard InChI is InChI=1S/C20H30N2O4/c1-3-25-17-10-8-16(9-11-17)20(24)22-14-19(23)21-12-13-26-18-7-5-4-6-15(18)2/h8-11,15,18H,3-7,12-14H2,1-2H3,(H,21,23)(H,22,24). The molecule has 0 spiro atoms. The number of carbonyl (C=O) groups is 2. The van der Waals surface area contributed by atoms with Gasteiger partial charge in [0.1, 0.15) is 5.75 Å². The molecule has 2 amide bonds. The first-order valence-corrected chi connectivity index (χ1v) is 9.49. The van der Waals surface area contributed by atoms with Gasteiger partial charge in [-0.1, -0.05) is 19.8 Å². The molecule has 0 bridgehead atoms. The van der Waals surface area contributed by atoms with Gasteiger partial charge in [0.15, 0.2) is 0 Å². The number of benzene rings is 1. The van der Waals surface area contributed by atoms with Crippen molar-refractivity contribution >= 4 is 11.8 Å². The van der Waals surface area contributed by atoms with Crippen molar-refractivity contribution in [3.05, 3.63) is 29.8 Å². The summed E-state index contributed by atoms with van der Waals surface area (Å²) in [7, 11) is 0. The molecule has 2 rings (SSSR count). The maximum absolute atomic E-state index is 12.0. The second-order valence-corrected chi connectivity index (χ2v) is 6.66. The Kier molecular flexibility index (Phi) is 8.41. The van der Waals surface area contributed by atoms with E-state index in [0.29, 0.717) is 43.1 Å². The van der Waals surface area contributed by atoms with Crippen LogP contribution in [0.25, 0.3) is 0 Å². The minimum atomic E-state index is -0.282. The molecule has 1 aromatic carbocycles. The number of rotatable bonds is 9. The summed E-state index contributed by atoms with van der Waals surface area (Å²) in [4.78, 5) is 23.9. The van der Waals surface area contributed by atoms with Crippen LogP contribution < -0.4 is 15.4 Å². The van der Waals surface area contributed by atoms with Crippen LogP contribution in [0.15, 0.2) is 24.3 Å². The van der Waals surface area contributed by atoms with Gasteiger partial charge in [0.25, 0.3) is 5.91 Å². The lowest BCUT2D eigenvalue weighted by atomic mass is 9.88. The zero-order valence-corrected chi connectivity index (χ0v) is 15.8.